The molecule has 0 spiro atoms. The molecular weight excluding hydrogens is 466 g/mol. The van der Waals surface area contributed by atoms with Gasteiger partial charge in [0.2, 0.25) is 5.91 Å². The van der Waals surface area contributed by atoms with Crippen LogP contribution in [0.5, 0.6) is 5.75 Å². The lowest BCUT2D eigenvalue weighted by Gasteiger charge is -2.17. The highest BCUT2D eigenvalue weighted by Gasteiger charge is 2.43. The highest BCUT2D eigenvalue weighted by Crippen LogP contribution is 2.38. The Morgan fingerprint density at radius 3 is 2.31 bits per heavy atom. The number of carbonyl (C=O) groups excluding carboxylic acids is 3. The van der Waals surface area contributed by atoms with Crippen molar-refractivity contribution in [3.8, 4) is 17.1 Å². The van der Waals surface area contributed by atoms with Gasteiger partial charge in [-0.05, 0) is 60.4 Å². The average Bonchev–Trinajstić information content (AvgIpc) is 3.10. The molecule has 1 aromatic heterocycles. The Kier molecular flexibility index (Phi) is 7.26. The third-order valence-corrected chi connectivity index (χ3v) is 6.49. The van der Waals surface area contributed by atoms with Crippen molar-refractivity contribution < 1.29 is 19.1 Å². The van der Waals surface area contributed by atoms with E-state index in [1.807, 2.05) is 50.2 Å². The molecule has 2 atom stereocenters. The second kappa shape index (κ2) is 10.4. The van der Waals surface area contributed by atoms with E-state index in [0.717, 1.165) is 28.0 Å². The molecule has 180 valence electrons. The van der Waals surface area contributed by atoms with E-state index in [4.69, 9.17) is 16.3 Å². The zero-order valence-corrected chi connectivity index (χ0v) is 20.6. The smallest absolute Gasteiger partial charge is 0.221 e. The summed E-state index contributed by atoms with van der Waals surface area (Å²) in [5, 5.41) is 3.28. The minimum absolute atomic E-state index is 0.00792. The lowest BCUT2D eigenvalue weighted by Crippen LogP contribution is -2.27. The lowest BCUT2D eigenvalue weighted by molar-refractivity contribution is -0.128. The fourth-order valence-electron chi connectivity index (χ4n) is 4.59. The van der Waals surface area contributed by atoms with Gasteiger partial charge in [-0.1, -0.05) is 23.7 Å². The van der Waals surface area contributed by atoms with Gasteiger partial charge in [-0.3, -0.25) is 14.4 Å². The summed E-state index contributed by atoms with van der Waals surface area (Å²) < 4.78 is 5.13. The Morgan fingerprint density at radius 1 is 1.09 bits per heavy atom. The molecule has 2 aromatic carbocycles. The highest BCUT2D eigenvalue weighted by atomic mass is 35.5. The summed E-state index contributed by atoms with van der Waals surface area (Å²) in [5.74, 6) is -0.823. The predicted molar refractivity (Wildman–Crippen MR) is 132 cm³/mol. The number of hydrogen-bond donors (Lipinski definition) is 1. The number of carbonyl (C=O) groups is 3. The monoisotopic (exact) mass is 491 g/mol. The van der Waals surface area contributed by atoms with E-state index in [2.05, 4.69) is 15.3 Å². The molecule has 2 unspecified atom stereocenters. The van der Waals surface area contributed by atoms with Crippen LogP contribution in [-0.4, -0.2) is 34.6 Å². The largest absolute Gasteiger partial charge is 0.497 e. The van der Waals surface area contributed by atoms with Crippen molar-refractivity contribution in [2.45, 2.75) is 39.2 Å². The Hall–Kier alpha value is -3.58. The number of nitrogens with one attached hydrogen (secondary N) is 1. The molecule has 35 heavy (non-hydrogen) atoms. The third-order valence-electron chi connectivity index (χ3n) is 6.30. The quantitative estimate of drug-likeness (QED) is 0.493. The maximum atomic E-state index is 13.2. The van der Waals surface area contributed by atoms with Crippen molar-refractivity contribution >= 4 is 29.1 Å². The van der Waals surface area contributed by atoms with Crippen molar-refractivity contribution in [1.29, 1.82) is 0 Å². The van der Waals surface area contributed by atoms with Gasteiger partial charge in [0.15, 0.2) is 11.6 Å². The molecule has 1 N–H and O–H groups in total. The van der Waals surface area contributed by atoms with Gasteiger partial charge in [-0.15, -0.1) is 0 Å². The van der Waals surface area contributed by atoms with Crippen LogP contribution in [0.4, 0.5) is 0 Å². The molecule has 1 amide bonds. The Labute approximate surface area is 208 Å². The molecule has 1 saturated carbocycles. The summed E-state index contributed by atoms with van der Waals surface area (Å²) in [5.41, 5.74) is 4.04. The van der Waals surface area contributed by atoms with Gasteiger partial charge in [0, 0.05) is 43.3 Å². The molecule has 1 aliphatic rings. The van der Waals surface area contributed by atoms with Crippen molar-refractivity contribution in [3.63, 3.8) is 0 Å². The maximum Gasteiger partial charge on any atom is 0.221 e. The van der Waals surface area contributed by atoms with Crippen LogP contribution in [0.15, 0.2) is 48.8 Å². The van der Waals surface area contributed by atoms with Crippen LogP contribution >= 0.6 is 11.6 Å². The third kappa shape index (κ3) is 5.41. The SMILES string of the molecule is COc1ccc(CNC(=O)CC2CC(=O)C(c3c(C)cc(-c4ncc(Cl)cn4)cc3C)C2=O)cc1. The molecule has 0 saturated heterocycles. The molecule has 3 aromatic rings. The summed E-state index contributed by atoms with van der Waals surface area (Å²) in [6.45, 7) is 4.09. The lowest BCUT2D eigenvalue weighted by atomic mass is 9.86. The Balaban J connectivity index is 1.45. The molecule has 0 radical (unpaired) electrons. The normalized spacial score (nSPS) is 17.5. The van der Waals surface area contributed by atoms with E-state index in [0.29, 0.717) is 23.0 Å². The first-order chi connectivity index (χ1) is 16.8. The number of methoxy groups -OCH3 is 1. The summed E-state index contributed by atoms with van der Waals surface area (Å²) >= 11 is 5.88. The number of nitrogens with zero attached hydrogens (tertiary/aromatic N) is 2. The second-order valence-electron chi connectivity index (χ2n) is 8.78. The number of halogens is 1. The van der Waals surface area contributed by atoms with Gasteiger partial charge < -0.3 is 10.1 Å². The van der Waals surface area contributed by atoms with E-state index >= 15 is 0 Å². The number of hydrogen-bond acceptors (Lipinski definition) is 6. The first-order valence-corrected chi connectivity index (χ1v) is 11.7. The number of ketones is 2. The van der Waals surface area contributed by atoms with Gasteiger partial charge in [0.05, 0.1) is 12.1 Å². The molecule has 4 rings (SSSR count). The van der Waals surface area contributed by atoms with Gasteiger partial charge >= 0.3 is 0 Å². The first-order valence-electron chi connectivity index (χ1n) is 11.3. The molecule has 1 aliphatic carbocycles. The number of ether oxygens (including phenoxy) is 1. The van der Waals surface area contributed by atoms with Crippen molar-refractivity contribution in [2.75, 3.05) is 7.11 Å². The second-order valence-corrected chi connectivity index (χ2v) is 9.22. The van der Waals surface area contributed by atoms with Gasteiger partial charge in [0.25, 0.3) is 0 Å². The van der Waals surface area contributed by atoms with Gasteiger partial charge in [0.1, 0.15) is 17.5 Å². The van der Waals surface area contributed by atoms with Crippen LogP contribution in [0, 0.1) is 19.8 Å². The van der Waals surface area contributed by atoms with E-state index in [1.165, 1.54) is 12.4 Å². The van der Waals surface area contributed by atoms with Crippen molar-refractivity contribution in [1.82, 2.24) is 15.3 Å². The fourth-order valence-corrected chi connectivity index (χ4v) is 4.69. The Bertz CT molecular complexity index is 1250. The first kappa shape index (κ1) is 24.5. The van der Waals surface area contributed by atoms with E-state index in [1.54, 1.807) is 7.11 Å². The standard InChI is InChI=1S/C27H26ClN3O4/c1-15-8-19(27-30-13-20(28)14-31-27)9-16(2)24(15)25-22(32)10-18(26(25)34)11-23(33)29-12-17-4-6-21(35-3)7-5-17/h4-9,13-14,18,25H,10-12H2,1-3H3,(H,29,33). The number of Topliss-reactive ketones (excluding diaryl/α,β-unsaturated/α-hetero) is 2. The summed E-state index contributed by atoms with van der Waals surface area (Å²) in [7, 11) is 1.59. The molecule has 0 bridgehead atoms. The number of benzene rings is 2. The van der Waals surface area contributed by atoms with Crippen LogP contribution in [0.2, 0.25) is 5.02 Å². The van der Waals surface area contributed by atoms with Crippen LogP contribution in [0.25, 0.3) is 11.4 Å². The number of amides is 1. The van der Waals surface area contributed by atoms with Crippen molar-refractivity contribution in [3.05, 3.63) is 76.1 Å². The number of rotatable bonds is 7. The zero-order valence-electron chi connectivity index (χ0n) is 19.8. The van der Waals surface area contributed by atoms with Crippen LogP contribution in [0.1, 0.15) is 41.0 Å². The molecule has 0 aliphatic heterocycles. The van der Waals surface area contributed by atoms with Crippen molar-refractivity contribution in [2.24, 2.45) is 5.92 Å². The number of aryl methyl sites for hydroxylation is 2. The van der Waals surface area contributed by atoms with Crippen LogP contribution < -0.4 is 10.1 Å². The minimum atomic E-state index is -0.852. The summed E-state index contributed by atoms with van der Waals surface area (Å²) in [6, 6.07) is 11.1. The average molecular weight is 492 g/mol. The van der Waals surface area contributed by atoms with E-state index in [-0.39, 0.29) is 30.3 Å². The van der Waals surface area contributed by atoms with Gasteiger partial charge in [-0.2, -0.15) is 0 Å². The number of aromatic nitrogens is 2. The van der Waals surface area contributed by atoms with Gasteiger partial charge in [-0.25, -0.2) is 9.97 Å². The maximum absolute atomic E-state index is 13.2. The fraction of sp³-hybridized carbons (Fsp3) is 0.296. The molecular formula is C27H26ClN3O4. The van der Waals surface area contributed by atoms with E-state index < -0.39 is 11.8 Å². The highest BCUT2D eigenvalue weighted by molar-refractivity contribution is 6.30. The summed E-state index contributed by atoms with van der Waals surface area (Å²) in [4.78, 5) is 47.2. The molecule has 8 heteroatoms. The predicted octanol–water partition coefficient (Wildman–Crippen LogP) is 4.37. The molecule has 7 nitrogen and oxygen atoms in total. The summed E-state index contributed by atoms with van der Waals surface area (Å²) in [6.07, 6.45) is 3.11. The van der Waals surface area contributed by atoms with Crippen LogP contribution in [0.3, 0.4) is 0 Å². The Morgan fingerprint density at radius 2 is 1.71 bits per heavy atom. The van der Waals surface area contributed by atoms with Crippen LogP contribution in [-0.2, 0) is 20.9 Å². The van der Waals surface area contributed by atoms with E-state index in [9.17, 15) is 14.4 Å². The molecule has 1 fully saturated rings. The topological polar surface area (TPSA) is 98.2 Å². The minimum Gasteiger partial charge on any atom is -0.497 e. The zero-order chi connectivity index (χ0) is 25.1. The molecule has 1 heterocycles.